The number of halogens is 1. The fourth-order valence-electron chi connectivity index (χ4n) is 2.02. The molecule has 25 heavy (non-hydrogen) atoms. The number of ether oxygens (including phenoxy) is 1. The minimum absolute atomic E-state index is 0.511. The van der Waals surface area contributed by atoms with Crippen LogP contribution in [-0.2, 0) is 0 Å². The Bertz CT molecular complexity index is 846. The summed E-state index contributed by atoms with van der Waals surface area (Å²) >= 11 is 7.54. The summed E-state index contributed by atoms with van der Waals surface area (Å²) < 4.78 is 5.90. The van der Waals surface area contributed by atoms with Crippen LogP contribution in [0.2, 0.25) is 5.02 Å². The lowest BCUT2D eigenvalue weighted by molar-refractivity contribution is 0.556. The van der Waals surface area contributed by atoms with Crippen LogP contribution in [-0.4, -0.2) is 5.90 Å². The van der Waals surface area contributed by atoms with Crippen LogP contribution in [0.5, 0.6) is 5.75 Å². The topological polar surface area (TPSA) is 21.6 Å². The fourth-order valence-corrected chi connectivity index (χ4v) is 2.80. The fraction of sp³-hybridized carbons (Fsp3) is 0. The van der Waals surface area contributed by atoms with Crippen LogP contribution >= 0.6 is 23.4 Å². The van der Waals surface area contributed by atoms with Crippen molar-refractivity contribution in [3.05, 3.63) is 101 Å². The maximum atomic E-state index is 5.93. The molecule has 0 aliphatic rings. The standard InChI is InChI=1S/C21H16ClNOS/c22-17-11-13-18(14-12-17)23-21(24-19-7-3-1-4-8-19)15-16-25-20-9-5-2-6-10-20/h1-16H. The summed E-state index contributed by atoms with van der Waals surface area (Å²) in [5, 5.41) is 2.65. The minimum Gasteiger partial charge on any atom is -0.439 e. The first-order valence-electron chi connectivity index (χ1n) is 7.75. The monoisotopic (exact) mass is 365 g/mol. The zero-order valence-electron chi connectivity index (χ0n) is 13.4. The van der Waals surface area contributed by atoms with Crippen LogP contribution in [0.15, 0.2) is 106 Å². The number of para-hydroxylation sites is 1. The van der Waals surface area contributed by atoms with E-state index >= 15 is 0 Å². The Morgan fingerprint density at radius 1 is 0.840 bits per heavy atom. The van der Waals surface area contributed by atoms with Gasteiger partial charge in [0.1, 0.15) is 5.75 Å². The quantitative estimate of drug-likeness (QED) is 0.283. The summed E-state index contributed by atoms with van der Waals surface area (Å²) in [5.41, 5.74) is 0.782. The molecule has 0 aliphatic heterocycles. The molecule has 0 aliphatic carbocycles. The molecule has 0 bridgehead atoms. The van der Waals surface area contributed by atoms with E-state index in [1.807, 2.05) is 84.3 Å². The molecule has 124 valence electrons. The van der Waals surface area contributed by atoms with Crippen LogP contribution < -0.4 is 4.74 Å². The lowest BCUT2D eigenvalue weighted by Crippen LogP contribution is -2.04. The average Bonchev–Trinajstić information content (AvgIpc) is 2.65. The van der Waals surface area contributed by atoms with Crippen molar-refractivity contribution in [3.63, 3.8) is 0 Å². The van der Waals surface area contributed by atoms with Crippen molar-refractivity contribution >= 4 is 34.9 Å². The van der Waals surface area contributed by atoms with Gasteiger partial charge in [-0.25, -0.2) is 4.99 Å². The number of aliphatic imine (C=N–C) groups is 1. The summed E-state index contributed by atoms with van der Waals surface area (Å²) in [6, 6.07) is 27.1. The maximum Gasteiger partial charge on any atom is 0.220 e. The summed E-state index contributed by atoms with van der Waals surface area (Å²) in [6.45, 7) is 0. The largest absolute Gasteiger partial charge is 0.439 e. The third-order valence-electron chi connectivity index (χ3n) is 3.19. The second kappa shape index (κ2) is 9.11. The smallest absolute Gasteiger partial charge is 0.220 e. The molecule has 3 rings (SSSR count). The van der Waals surface area contributed by atoms with Gasteiger partial charge in [-0.2, -0.15) is 0 Å². The second-order valence-corrected chi connectivity index (χ2v) is 6.49. The number of rotatable bonds is 5. The Morgan fingerprint density at radius 2 is 1.48 bits per heavy atom. The van der Waals surface area contributed by atoms with Crippen LogP contribution in [0.4, 0.5) is 5.69 Å². The molecule has 0 fully saturated rings. The van der Waals surface area contributed by atoms with E-state index in [1.54, 1.807) is 11.8 Å². The number of hydrogen-bond acceptors (Lipinski definition) is 3. The van der Waals surface area contributed by atoms with Gasteiger partial charge in [0, 0.05) is 16.0 Å². The van der Waals surface area contributed by atoms with Crippen molar-refractivity contribution in [2.45, 2.75) is 4.90 Å². The van der Waals surface area contributed by atoms with Crippen molar-refractivity contribution in [1.29, 1.82) is 0 Å². The average molecular weight is 366 g/mol. The van der Waals surface area contributed by atoms with Crippen molar-refractivity contribution in [2.24, 2.45) is 4.99 Å². The lowest BCUT2D eigenvalue weighted by atomic mass is 10.3. The van der Waals surface area contributed by atoms with Gasteiger partial charge in [0.2, 0.25) is 5.90 Å². The Hall–Kier alpha value is -2.49. The number of benzene rings is 3. The molecule has 2 nitrogen and oxygen atoms in total. The predicted octanol–water partition coefficient (Wildman–Crippen LogP) is 6.76. The molecule has 0 heterocycles. The predicted molar refractivity (Wildman–Crippen MR) is 107 cm³/mol. The number of hydrogen-bond donors (Lipinski definition) is 0. The minimum atomic E-state index is 0.511. The van der Waals surface area contributed by atoms with Crippen LogP contribution in [0.1, 0.15) is 0 Å². The van der Waals surface area contributed by atoms with Crippen LogP contribution in [0, 0.1) is 0 Å². The number of thioether (sulfide) groups is 1. The summed E-state index contributed by atoms with van der Waals surface area (Å²) in [6.07, 6.45) is 1.86. The molecule has 0 aromatic heterocycles. The third kappa shape index (κ3) is 5.82. The van der Waals surface area contributed by atoms with Gasteiger partial charge >= 0.3 is 0 Å². The van der Waals surface area contributed by atoms with Crippen molar-refractivity contribution in [2.75, 3.05) is 0 Å². The molecule has 0 N–H and O–H groups in total. The van der Waals surface area contributed by atoms with E-state index < -0.39 is 0 Å². The zero-order chi connectivity index (χ0) is 17.3. The summed E-state index contributed by atoms with van der Waals surface area (Å²) in [4.78, 5) is 5.72. The van der Waals surface area contributed by atoms with Crippen molar-refractivity contribution in [1.82, 2.24) is 0 Å². The van der Waals surface area contributed by atoms with E-state index in [9.17, 15) is 0 Å². The van der Waals surface area contributed by atoms with Gasteiger partial charge in [-0.3, -0.25) is 0 Å². The first-order valence-corrected chi connectivity index (χ1v) is 9.01. The Balaban J connectivity index is 1.79. The molecule has 0 spiro atoms. The third-order valence-corrected chi connectivity index (χ3v) is 4.26. The SMILES string of the molecule is Clc1ccc(N=C(C=CSc2ccccc2)Oc2ccccc2)cc1. The van der Waals surface area contributed by atoms with E-state index in [-0.39, 0.29) is 0 Å². The molecule has 0 atom stereocenters. The Kier molecular flexibility index (Phi) is 6.32. The highest BCUT2D eigenvalue weighted by Crippen LogP contribution is 2.20. The second-order valence-electron chi connectivity index (χ2n) is 5.08. The van der Waals surface area contributed by atoms with E-state index in [0.717, 1.165) is 16.3 Å². The normalized spacial score (nSPS) is 11.6. The molecule has 0 amide bonds. The molecule has 0 unspecified atom stereocenters. The first-order chi connectivity index (χ1) is 12.3. The molecule has 3 aromatic rings. The van der Waals surface area contributed by atoms with Crippen LogP contribution in [0.25, 0.3) is 0 Å². The lowest BCUT2D eigenvalue weighted by Gasteiger charge is -2.05. The van der Waals surface area contributed by atoms with Gasteiger partial charge in [-0.15, -0.1) is 0 Å². The zero-order valence-corrected chi connectivity index (χ0v) is 15.0. The van der Waals surface area contributed by atoms with Gasteiger partial charge in [0.15, 0.2) is 0 Å². The maximum absolute atomic E-state index is 5.93. The molecule has 4 heteroatoms. The van der Waals surface area contributed by atoms with E-state index in [1.165, 1.54) is 0 Å². The van der Waals surface area contributed by atoms with Crippen LogP contribution in [0.3, 0.4) is 0 Å². The van der Waals surface area contributed by atoms with Gasteiger partial charge in [-0.1, -0.05) is 59.8 Å². The molecular weight excluding hydrogens is 350 g/mol. The highest BCUT2D eigenvalue weighted by Gasteiger charge is 2.00. The molecule has 0 saturated heterocycles. The molecular formula is C21H16ClNOS. The van der Waals surface area contributed by atoms with E-state index in [0.29, 0.717) is 10.9 Å². The van der Waals surface area contributed by atoms with E-state index in [2.05, 4.69) is 17.1 Å². The molecule has 0 radical (unpaired) electrons. The van der Waals surface area contributed by atoms with Gasteiger partial charge in [0.05, 0.1) is 5.69 Å². The molecule has 0 saturated carbocycles. The van der Waals surface area contributed by atoms with Gasteiger partial charge in [-0.05, 0) is 53.9 Å². The Morgan fingerprint density at radius 3 is 2.16 bits per heavy atom. The highest BCUT2D eigenvalue weighted by atomic mass is 35.5. The summed E-state index contributed by atoms with van der Waals surface area (Å²) in [7, 11) is 0. The van der Waals surface area contributed by atoms with E-state index in [4.69, 9.17) is 16.3 Å². The summed E-state index contributed by atoms with van der Waals surface area (Å²) in [5.74, 6) is 1.25. The first kappa shape index (κ1) is 17.3. The number of nitrogens with zero attached hydrogens (tertiary/aromatic N) is 1. The molecule has 3 aromatic carbocycles. The highest BCUT2D eigenvalue weighted by molar-refractivity contribution is 8.02. The van der Waals surface area contributed by atoms with Gasteiger partial charge in [0.25, 0.3) is 0 Å². The Labute approximate surface area is 156 Å². The van der Waals surface area contributed by atoms with Crippen molar-refractivity contribution < 1.29 is 4.74 Å². The van der Waals surface area contributed by atoms with Gasteiger partial charge < -0.3 is 4.74 Å². The van der Waals surface area contributed by atoms with Crippen molar-refractivity contribution in [3.8, 4) is 5.75 Å².